The topological polar surface area (TPSA) is 44.8 Å². The van der Waals surface area contributed by atoms with Gasteiger partial charge in [-0.05, 0) is 6.92 Å². The fraction of sp³-hybridized carbons (Fsp3) is 0.364. The number of methoxy groups -OCH3 is 1. The molecule has 1 aromatic heterocycles. The number of carbonyl (C=O) groups is 1. The summed E-state index contributed by atoms with van der Waals surface area (Å²) < 4.78 is 15.1. The molecular formula is C11H14O4S. The van der Waals surface area contributed by atoms with E-state index in [-0.39, 0.29) is 12.6 Å². The van der Waals surface area contributed by atoms with Crippen molar-refractivity contribution in [2.75, 3.05) is 20.3 Å². The first-order chi connectivity index (χ1) is 7.69. The summed E-state index contributed by atoms with van der Waals surface area (Å²) in [7, 11) is 1.54. The van der Waals surface area contributed by atoms with E-state index in [4.69, 9.17) is 14.2 Å². The fourth-order valence-electron chi connectivity index (χ4n) is 1.05. The molecular weight excluding hydrogens is 228 g/mol. The van der Waals surface area contributed by atoms with Crippen LogP contribution in [-0.4, -0.2) is 26.3 Å². The number of esters is 1. The second kappa shape index (κ2) is 6.17. The molecule has 0 N–H and O–H groups in total. The maximum absolute atomic E-state index is 11.1. The van der Waals surface area contributed by atoms with Gasteiger partial charge in [0, 0.05) is 10.8 Å². The van der Waals surface area contributed by atoms with Crippen molar-refractivity contribution in [3.8, 4) is 5.75 Å². The van der Waals surface area contributed by atoms with Crippen LogP contribution in [-0.2, 0) is 14.3 Å². The van der Waals surface area contributed by atoms with Crippen LogP contribution >= 0.6 is 11.3 Å². The molecule has 1 heterocycles. The summed E-state index contributed by atoms with van der Waals surface area (Å²) in [5.41, 5.74) is 0.761. The third-order valence-corrected chi connectivity index (χ3v) is 2.55. The summed E-state index contributed by atoms with van der Waals surface area (Å²) >= 11 is 1.46. The van der Waals surface area contributed by atoms with Crippen LogP contribution in [0.4, 0.5) is 0 Å². The maximum atomic E-state index is 11.1. The van der Waals surface area contributed by atoms with Crippen molar-refractivity contribution in [1.29, 1.82) is 0 Å². The molecule has 0 aliphatic heterocycles. The zero-order chi connectivity index (χ0) is 12.0. The first-order valence-corrected chi connectivity index (χ1v) is 5.71. The molecule has 0 saturated heterocycles. The lowest BCUT2D eigenvalue weighted by atomic mass is 10.3. The number of hydrogen-bond donors (Lipinski definition) is 0. The molecule has 0 atom stereocenters. The van der Waals surface area contributed by atoms with Crippen LogP contribution in [0.5, 0.6) is 5.75 Å². The Balaban J connectivity index is 2.57. The third kappa shape index (κ3) is 3.27. The smallest absolute Gasteiger partial charge is 0.344 e. The van der Waals surface area contributed by atoms with Crippen molar-refractivity contribution in [3.05, 3.63) is 22.9 Å². The van der Waals surface area contributed by atoms with Crippen LogP contribution < -0.4 is 4.74 Å². The molecule has 0 spiro atoms. The number of rotatable bonds is 6. The zero-order valence-electron chi connectivity index (χ0n) is 9.32. The van der Waals surface area contributed by atoms with E-state index in [0.717, 1.165) is 5.56 Å². The van der Waals surface area contributed by atoms with Crippen LogP contribution in [0.25, 0.3) is 5.76 Å². The SMILES string of the molecule is C=C(OC)c1cscc1OCC(=O)OCC. The van der Waals surface area contributed by atoms with Crippen molar-refractivity contribution in [3.63, 3.8) is 0 Å². The van der Waals surface area contributed by atoms with Crippen molar-refractivity contribution in [1.82, 2.24) is 0 Å². The van der Waals surface area contributed by atoms with Gasteiger partial charge >= 0.3 is 5.97 Å². The van der Waals surface area contributed by atoms with Gasteiger partial charge in [0.1, 0.15) is 11.5 Å². The van der Waals surface area contributed by atoms with Crippen LogP contribution in [0.2, 0.25) is 0 Å². The monoisotopic (exact) mass is 242 g/mol. The Labute approximate surface area is 98.4 Å². The number of ether oxygens (including phenoxy) is 3. The van der Waals surface area contributed by atoms with E-state index in [9.17, 15) is 4.79 Å². The molecule has 0 fully saturated rings. The Bertz CT molecular complexity index is 370. The van der Waals surface area contributed by atoms with E-state index in [1.54, 1.807) is 12.3 Å². The lowest BCUT2D eigenvalue weighted by molar-refractivity contribution is -0.145. The Morgan fingerprint density at radius 1 is 1.50 bits per heavy atom. The zero-order valence-corrected chi connectivity index (χ0v) is 10.1. The minimum atomic E-state index is -0.386. The van der Waals surface area contributed by atoms with Gasteiger partial charge in [0.2, 0.25) is 0 Å². The van der Waals surface area contributed by atoms with Gasteiger partial charge in [0.05, 0.1) is 19.3 Å². The van der Waals surface area contributed by atoms with E-state index in [1.807, 2.05) is 5.38 Å². The summed E-state index contributed by atoms with van der Waals surface area (Å²) in [5, 5.41) is 3.64. The third-order valence-electron chi connectivity index (χ3n) is 1.82. The van der Waals surface area contributed by atoms with E-state index in [2.05, 4.69) is 6.58 Å². The molecule has 0 aliphatic carbocycles. The standard InChI is InChI=1S/C11H14O4S/c1-4-14-11(12)5-15-10-7-16-6-9(10)8(2)13-3/h6-7H,2,4-5H2,1,3H3. The van der Waals surface area contributed by atoms with Gasteiger partial charge in [-0.15, -0.1) is 11.3 Å². The van der Waals surface area contributed by atoms with Gasteiger partial charge in [-0.25, -0.2) is 4.79 Å². The van der Waals surface area contributed by atoms with Crippen LogP contribution in [0.15, 0.2) is 17.3 Å². The van der Waals surface area contributed by atoms with E-state index < -0.39 is 0 Å². The number of hydrogen-bond acceptors (Lipinski definition) is 5. The average molecular weight is 242 g/mol. The van der Waals surface area contributed by atoms with E-state index in [0.29, 0.717) is 18.1 Å². The Kier molecular flexibility index (Phi) is 4.85. The van der Waals surface area contributed by atoms with Crippen molar-refractivity contribution >= 4 is 23.1 Å². The highest BCUT2D eigenvalue weighted by Crippen LogP contribution is 2.29. The van der Waals surface area contributed by atoms with Crippen LogP contribution in [0.1, 0.15) is 12.5 Å². The highest BCUT2D eigenvalue weighted by atomic mass is 32.1. The van der Waals surface area contributed by atoms with Gasteiger partial charge in [-0.3, -0.25) is 0 Å². The van der Waals surface area contributed by atoms with Crippen LogP contribution in [0.3, 0.4) is 0 Å². The van der Waals surface area contributed by atoms with Crippen molar-refractivity contribution in [2.24, 2.45) is 0 Å². The van der Waals surface area contributed by atoms with Gasteiger partial charge in [-0.2, -0.15) is 0 Å². The molecule has 0 bridgehead atoms. The molecule has 0 amide bonds. The minimum Gasteiger partial charge on any atom is -0.497 e. The molecule has 0 aromatic carbocycles. The first-order valence-electron chi connectivity index (χ1n) is 4.77. The number of carbonyl (C=O) groups excluding carboxylic acids is 1. The fourth-order valence-corrected chi connectivity index (χ4v) is 1.82. The minimum absolute atomic E-state index is 0.103. The number of thiophene rings is 1. The molecule has 0 saturated carbocycles. The molecule has 1 rings (SSSR count). The Morgan fingerprint density at radius 3 is 2.88 bits per heavy atom. The van der Waals surface area contributed by atoms with Crippen molar-refractivity contribution < 1.29 is 19.0 Å². The molecule has 5 heteroatoms. The molecule has 0 unspecified atom stereocenters. The maximum Gasteiger partial charge on any atom is 0.344 e. The quantitative estimate of drug-likeness (QED) is 0.567. The van der Waals surface area contributed by atoms with Gasteiger partial charge in [0.15, 0.2) is 6.61 Å². The predicted molar refractivity (Wildman–Crippen MR) is 62.5 cm³/mol. The summed E-state index contributed by atoms with van der Waals surface area (Å²) in [6, 6.07) is 0. The molecule has 88 valence electrons. The summed E-state index contributed by atoms with van der Waals surface area (Å²) in [5.74, 6) is 0.715. The molecule has 1 aromatic rings. The van der Waals surface area contributed by atoms with Gasteiger partial charge < -0.3 is 14.2 Å². The normalized spacial score (nSPS) is 9.62. The lowest BCUT2D eigenvalue weighted by Crippen LogP contribution is -2.14. The largest absolute Gasteiger partial charge is 0.497 e. The van der Waals surface area contributed by atoms with Gasteiger partial charge in [-0.1, -0.05) is 6.58 Å². The summed E-state index contributed by atoms with van der Waals surface area (Å²) in [6.45, 7) is 5.73. The van der Waals surface area contributed by atoms with E-state index in [1.165, 1.54) is 18.4 Å². The summed E-state index contributed by atoms with van der Waals surface area (Å²) in [6.07, 6.45) is 0. The van der Waals surface area contributed by atoms with Gasteiger partial charge in [0.25, 0.3) is 0 Å². The second-order valence-electron chi connectivity index (χ2n) is 2.87. The Morgan fingerprint density at radius 2 is 2.25 bits per heavy atom. The van der Waals surface area contributed by atoms with E-state index >= 15 is 0 Å². The van der Waals surface area contributed by atoms with Crippen LogP contribution in [0, 0.1) is 0 Å². The molecule has 4 nitrogen and oxygen atoms in total. The summed E-state index contributed by atoms with van der Waals surface area (Å²) in [4.78, 5) is 11.1. The first kappa shape index (κ1) is 12.6. The Hall–Kier alpha value is -1.49. The second-order valence-corrected chi connectivity index (χ2v) is 3.61. The molecule has 0 radical (unpaired) electrons. The average Bonchev–Trinajstić information content (AvgIpc) is 2.74. The molecule has 0 aliphatic rings. The highest BCUT2D eigenvalue weighted by molar-refractivity contribution is 7.08. The highest BCUT2D eigenvalue weighted by Gasteiger charge is 2.11. The lowest BCUT2D eigenvalue weighted by Gasteiger charge is -2.07. The molecule has 16 heavy (non-hydrogen) atoms. The van der Waals surface area contributed by atoms with Crippen molar-refractivity contribution in [2.45, 2.75) is 6.92 Å². The predicted octanol–water partition coefficient (Wildman–Crippen LogP) is 2.31.